The van der Waals surface area contributed by atoms with E-state index in [1.165, 1.54) is 5.69 Å². The second kappa shape index (κ2) is 6.20. The van der Waals surface area contributed by atoms with Crippen LogP contribution in [0.2, 0.25) is 0 Å². The second-order valence-electron chi connectivity index (χ2n) is 5.91. The lowest BCUT2D eigenvalue weighted by atomic mass is 9.81. The summed E-state index contributed by atoms with van der Waals surface area (Å²) in [4.78, 5) is 0. The van der Waals surface area contributed by atoms with E-state index >= 15 is 0 Å². The van der Waals surface area contributed by atoms with Crippen LogP contribution in [0.25, 0.3) is 0 Å². The summed E-state index contributed by atoms with van der Waals surface area (Å²) in [6.07, 6.45) is 0. The molecule has 104 valence electrons. The van der Waals surface area contributed by atoms with Gasteiger partial charge in [0.25, 0.3) is 0 Å². The highest BCUT2D eigenvalue weighted by Crippen LogP contribution is 2.25. The van der Waals surface area contributed by atoms with Crippen LogP contribution in [0.15, 0.2) is 4.47 Å². The fourth-order valence-corrected chi connectivity index (χ4v) is 2.17. The van der Waals surface area contributed by atoms with Gasteiger partial charge in [-0.25, -0.2) is 0 Å². The SMILES string of the molecule is CCn1nc(C)c(Br)c1CNCC(C)(C)C(C)C. The zero-order valence-electron chi connectivity index (χ0n) is 12.5. The molecule has 0 bridgehead atoms. The highest BCUT2D eigenvalue weighted by Gasteiger charge is 2.22. The van der Waals surface area contributed by atoms with Gasteiger partial charge in [0.05, 0.1) is 15.9 Å². The van der Waals surface area contributed by atoms with E-state index in [0.717, 1.165) is 29.8 Å². The highest BCUT2D eigenvalue weighted by molar-refractivity contribution is 9.10. The minimum absolute atomic E-state index is 0.318. The molecule has 0 radical (unpaired) electrons. The lowest BCUT2D eigenvalue weighted by Crippen LogP contribution is -2.33. The third kappa shape index (κ3) is 3.58. The van der Waals surface area contributed by atoms with Gasteiger partial charge in [-0.2, -0.15) is 5.10 Å². The van der Waals surface area contributed by atoms with E-state index in [1.54, 1.807) is 0 Å². The predicted octanol–water partition coefficient (Wildman–Crippen LogP) is 3.75. The van der Waals surface area contributed by atoms with Gasteiger partial charge in [-0.15, -0.1) is 0 Å². The Hall–Kier alpha value is -0.350. The van der Waals surface area contributed by atoms with Crippen molar-refractivity contribution in [1.82, 2.24) is 15.1 Å². The van der Waals surface area contributed by atoms with Gasteiger partial charge in [0.1, 0.15) is 0 Å². The number of rotatable bonds is 6. The van der Waals surface area contributed by atoms with E-state index in [9.17, 15) is 0 Å². The molecule has 18 heavy (non-hydrogen) atoms. The number of nitrogens with zero attached hydrogens (tertiary/aromatic N) is 2. The van der Waals surface area contributed by atoms with Crippen LogP contribution in [0.3, 0.4) is 0 Å². The van der Waals surface area contributed by atoms with Gasteiger partial charge in [0.2, 0.25) is 0 Å². The normalized spacial score (nSPS) is 12.4. The minimum Gasteiger partial charge on any atom is -0.311 e. The van der Waals surface area contributed by atoms with Crippen LogP contribution in [-0.4, -0.2) is 16.3 Å². The van der Waals surface area contributed by atoms with Crippen molar-refractivity contribution in [2.75, 3.05) is 6.54 Å². The molecule has 1 N–H and O–H groups in total. The molecule has 1 rings (SSSR count). The number of nitrogens with one attached hydrogen (secondary N) is 1. The lowest BCUT2D eigenvalue weighted by molar-refractivity contribution is 0.237. The Labute approximate surface area is 119 Å². The average Bonchev–Trinajstić information content (AvgIpc) is 2.56. The highest BCUT2D eigenvalue weighted by atomic mass is 79.9. The standard InChI is InChI=1S/C14H26BrN3/c1-7-18-12(13(15)11(4)17-18)8-16-9-14(5,6)10(2)3/h10,16H,7-9H2,1-6H3. The van der Waals surface area contributed by atoms with Gasteiger partial charge < -0.3 is 5.32 Å². The summed E-state index contributed by atoms with van der Waals surface area (Å²) in [6.45, 7) is 16.1. The quantitative estimate of drug-likeness (QED) is 0.866. The maximum absolute atomic E-state index is 4.51. The van der Waals surface area contributed by atoms with Crippen molar-refractivity contribution < 1.29 is 0 Å². The van der Waals surface area contributed by atoms with Crippen molar-refractivity contribution in [3.05, 3.63) is 15.9 Å². The van der Waals surface area contributed by atoms with Crippen LogP contribution in [0.5, 0.6) is 0 Å². The molecule has 1 aromatic rings. The minimum atomic E-state index is 0.318. The van der Waals surface area contributed by atoms with Gasteiger partial charge >= 0.3 is 0 Å². The maximum atomic E-state index is 4.51. The zero-order valence-corrected chi connectivity index (χ0v) is 14.1. The molecule has 1 aromatic heterocycles. The fourth-order valence-electron chi connectivity index (χ4n) is 1.75. The smallest absolute Gasteiger partial charge is 0.0739 e. The first-order chi connectivity index (χ1) is 8.29. The Kier molecular flexibility index (Phi) is 5.41. The lowest BCUT2D eigenvalue weighted by Gasteiger charge is -2.29. The number of halogens is 1. The first-order valence-electron chi connectivity index (χ1n) is 6.72. The first kappa shape index (κ1) is 15.7. The summed E-state index contributed by atoms with van der Waals surface area (Å²) in [6, 6.07) is 0. The summed E-state index contributed by atoms with van der Waals surface area (Å²) in [5, 5.41) is 8.07. The topological polar surface area (TPSA) is 29.9 Å². The Morgan fingerprint density at radius 3 is 2.50 bits per heavy atom. The molecule has 0 aromatic carbocycles. The summed E-state index contributed by atoms with van der Waals surface area (Å²) in [5.74, 6) is 0.672. The van der Waals surface area contributed by atoms with Crippen LogP contribution < -0.4 is 5.32 Å². The van der Waals surface area contributed by atoms with Crippen molar-refractivity contribution in [1.29, 1.82) is 0 Å². The predicted molar refractivity (Wildman–Crippen MR) is 80.7 cm³/mol. The van der Waals surface area contributed by atoms with E-state index in [-0.39, 0.29) is 0 Å². The van der Waals surface area contributed by atoms with Crippen molar-refractivity contribution >= 4 is 15.9 Å². The molecular formula is C14H26BrN3. The van der Waals surface area contributed by atoms with Gasteiger partial charge in [0, 0.05) is 19.6 Å². The molecular weight excluding hydrogens is 290 g/mol. The fraction of sp³-hybridized carbons (Fsp3) is 0.786. The molecule has 0 unspecified atom stereocenters. The molecule has 0 aliphatic heterocycles. The van der Waals surface area contributed by atoms with Crippen LogP contribution in [0.1, 0.15) is 46.0 Å². The van der Waals surface area contributed by atoms with Gasteiger partial charge in [0.15, 0.2) is 0 Å². The molecule has 0 fully saturated rings. The van der Waals surface area contributed by atoms with Crippen LogP contribution in [0, 0.1) is 18.3 Å². The van der Waals surface area contributed by atoms with Crippen molar-refractivity contribution in [3.8, 4) is 0 Å². The summed E-state index contributed by atoms with van der Waals surface area (Å²) >= 11 is 3.63. The molecule has 0 saturated heterocycles. The summed E-state index contributed by atoms with van der Waals surface area (Å²) in [5.41, 5.74) is 2.63. The number of hydrogen-bond donors (Lipinski definition) is 1. The molecule has 0 aliphatic rings. The Morgan fingerprint density at radius 2 is 2.00 bits per heavy atom. The molecule has 4 heteroatoms. The van der Waals surface area contributed by atoms with Gasteiger partial charge in [-0.05, 0) is 41.1 Å². The number of aromatic nitrogens is 2. The van der Waals surface area contributed by atoms with Gasteiger partial charge in [-0.3, -0.25) is 4.68 Å². The van der Waals surface area contributed by atoms with Crippen LogP contribution in [0.4, 0.5) is 0 Å². The van der Waals surface area contributed by atoms with E-state index in [4.69, 9.17) is 0 Å². The second-order valence-corrected chi connectivity index (χ2v) is 6.70. The maximum Gasteiger partial charge on any atom is 0.0739 e. The molecule has 3 nitrogen and oxygen atoms in total. The third-order valence-corrected chi connectivity index (χ3v) is 4.92. The number of hydrogen-bond acceptors (Lipinski definition) is 2. The molecule has 0 spiro atoms. The average molecular weight is 316 g/mol. The molecule has 0 amide bonds. The van der Waals surface area contributed by atoms with E-state index < -0.39 is 0 Å². The van der Waals surface area contributed by atoms with E-state index in [0.29, 0.717) is 11.3 Å². The first-order valence-corrected chi connectivity index (χ1v) is 7.51. The Morgan fingerprint density at radius 1 is 1.39 bits per heavy atom. The zero-order chi connectivity index (χ0) is 13.9. The third-order valence-electron chi connectivity index (χ3n) is 3.89. The largest absolute Gasteiger partial charge is 0.311 e. The van der Waals surface area contributed by atoms with Crippen LogP contribution in [-0.2, 0) is 13.1 Å². The summed E-state index contributed by atoms with van der Waals surface area (Å²) < 4.78 is 3.20. The molecule has 0 saturated carbocycles. The molecule has 1 heterocycles. The van der Waals surface area contributed by atoms with Crippen LogP contribution >= 0.6 is 15.9 Å². The molecule has 0 atom stereocenters. The van der Waals surface area contributed by atoms with Crippen molar-refractivity contribution in [3.63, 3.8) is 0 Å². The van der Waals surface area contributed by atoms with Crippen molar-refractivity contribution in [2.24, 2.45) is 11.3 Å². The Bertz CT molecular complexity index is 394. The monoisotopic (exact) mass is 315 g/mol. The van der Waals surface area contributed by atoms with E-state index in [1.807, 2.05) is 6.92 Å². The van der Waals surface area contributed by atoms with Crippen molar-refractivity contribution in [2.45, 2.75) is 54.6 Å². The van der Waals surface area contributed by atoms with E-state index in [2.05, 4.69) is 65.6 Å². The number of aryl methyl sites for hydroxylation is 2. The summed E-state index contributed by atoms with van der Waals surface area (Å²) in [7, 11) is 0. The Balaban J connectivity index is 2.64. The molecule has 0 aliphatic carbocycles. The van der Waals surface area contributed by atoms with Gasteiger partial charge in [-0.1, -0.05) is 27.7 Å².